The molecule has 1 fully saturated rings. The molecule has 3 heteroatoms. The van der Waals surface area contributed by atoms with Crippen LogP contribution >= 0.6 is 0 Å². The molecule has 0 aromatic rings. The minimum absolute atomic E-state index is 0.105. The van der Waals surface area contributed by atoms with Crippen LogP contribution in [0.5, 0.6) is 0 Å². The number of ether oxygens (including phenoxy) is 2. The summed E-state index contributed by atoms with van der Waals surface area (Å²) in [5.41, 5.74) is 4.85. The molecule has 1 unspecified atom stereocenters. The Kier molecular flexibility index (Phi) is 9.87. The van der Waals surface area contributed by atoms with Gasteiger partial charge in [0.2, 0.25) is 0 Å². The normalized spacial score (nSPS) is 21.9. The summed E-state index contributed by atoms with van der Waals surface area (Å²) in [6, 6.07) is 0. The molecule has 0 spiro atoms. The summed E-state index contributed by atoms with van der Waals surface area (Å²) in [5.74, 6) is 0. The molecule has 1 heterocycles. The number of rotatable bonds is 3. The molecule has 1 aliphatic rings. The molecular weight excluding hydrogens is 166 g/mol. The Hall–Kier alpha value is -0.120. The third kappa shape index (κ3) is 8.22. The van der Waals surface area contributed by atoms with E-state index in [9.17, 15) is 0 Å². The van der Waals surface area contributed by atoms with Crippen molar-refractivity contribution >= 4 is 0 Å². The highest BCUT2D eigenvalue weighted by Gasteiger charge is 2.12. The summed E-state index contributed by atoms with van der Waals surface area (Å²) in [6.45, 7) is 6.49. The number of hydrogen-bond donors (Lipinski definition) is 1. The van der Waals surface area contributed by atoms with Gasteiger partial charge < -0.3 is 15.2 Å². The van der Waals surface area contributed by atoms with Gasteiger partial charge in [0.15, 0.2) is 6.29 Å². The van der Waals surface area contributed by atoms with E-state index in [1.165, 1.54) is 12.8 Å². The maximum absolute atomic E-state index is 5.41. The Bertz CT molecular complexity index is 92.9. The van der Waals surface area contributed by atoms with Crippen LogP contribution in [0.2, 0.25) is 0 Å². The first kappa shape index (κ1) is 12.9. The third-order valence-electron chi connectivity index (χ3n) is 1.65. The van der Waals surface area contributed by atoms with Crippen LogP contribution in [-0.2, 0) is 9.47 Å². The lowest BCUT2D eigenvalue weighted by Crippen LogP contribution is -2.22. The van der Waals surface area contributed by atoms with Crippen LogP contribution in [0.4, 0.5) is 0 Å². The molecular formula is C10H23NO2. The molecule has 1 aliphatic heterocycles. The van der Waals surface area contributed by atoms with Gasteiger partial charge in [0.25, 0.3) is 0 Å². The molecule has 0 aromatic heterocycles. The molecule has 0 radical (unpaired) electrons. The summed E-state index contributed by atoms with van der Waals surface area (Å²) in [4.78, 5) is 0. The van der Waals surface area contributed by atoms with Gasteiger partial charge in [-0.25, -0.2) is 0 Å². The standard InChI is InChI=1S/C8H16O2.C2H7N/c1-2-6-9-8-5-3-4-7-10-8;1-2-3/h8H,2-7H2,1H3;2-3H2,1H3. The zero-order valence-corrected chi connectivity index (χ0v) is 8.92. The molecule has 0 amide bonds. The van der Waals surface area contributed by atoms with Crippen molar-refractivity contribution in [3.63, 3.8) is 0 Å². The summed E-state index contributed by atoms with van der Waals surface area (Å²) in [6.07, 6.45) is 4.73. The summed E-state index contributed by atoms with van der Waals surface area (Å²) >= 11 is 0. The number of hydrogen-bond acceptors (Lipinski definition) is 3. The predicted octanol–water partition coefficient (Wildman–Crippen LogP) is 1.90. The van der Waals surface area contributed by atoms with Gasteiger partial charge in [-0.3, -0.25) is 0 Å². The van der Waals surface area contributed by atoms with E-state index in [0.29, 0.717) is 0 Å². The number of nitrogens with two attached hydrogens (primary N) is 1. The Balaban J connectivity index is 0.000000424. The van der Waals surface area contributed by atoms with Crippen molar-refractivity contribution in [2.24, 2.45) is 5.73 Å². The highest BCUT2D eigenvalue weighted by atomic mass is 16.7. The average Bonchev–Trinajstić information content (AvgIpc) is 2.18. The molecule has 0 aromatic carbocycles. The van der Waals surface area contributed by atoms with Crippen LogP contribution in [0.1, 0.15) is 39.5 Å². The molecule has 2 N–H and O–H groups in total. The van der Waals surface area contributed by atoms with Crippen molar-refractivity contribution in [2.75, 3.05) is 19.8 Å². The minimum atomic E-state index is 0.105. The first-order valence-electron chi connectivity index (χ1n) is 5.28. The van der Waals surface area contributed by atoms with Gasteiger partial charge in [-0.2, -0.15) is 0 Å². The topological polar surface area (TPSA) is 44.5 Å². The fraction of sp³-hybridized carbons (Fsp3) is 1.00. The van der Waals surface area contributed by atoms with E-state index in [-0.39, 0.29) is 6.29 Å². The maximum Gasteiger partial charge on any atom is 0.157 e. The molecule has 1 saturated heterocycles. The van der Waals surface area contributed by atoms with Crippen molar-refractivity contribution in [1.82, 2.24) is 0 Å². The van der Waals surface area contributed by atoms with Crippen LogP contribution in [0.3, 0.4) is 0 Å². The van der Waals surface area contributed by atoms with Crippen LogP contribution in [0, 0.1) is 0 Å². The lowest BCUT2D eigenvalue weighted by Gasteiger charge is -2.22. The van der Waals surface area contributed by atoms with Gasteiger partial charge in [-0.05, 0) is 32.2 Å². The zero-order valence-electron chi connectivity index (χ0n) is 8.92. The quantitative estimate of drug-likeness (QED) is 0.737. The molecule has 1 atom stereocenters. The first-order chi connectivity index (χ1) is 6.35. The van der Waals surface area contributed by atoms with Crippen LogP contribution in [0.15, 0.2) is 0 Å². The van der Waals surface area contributed by atoms with Crippen molar-refractivity contribution in [3.05, 3.63) is 0 Å². The second kappa shape index (κ2) is 9.96. The van der Waals surface area contributed by atoms with Gasteiger partial charge in [0, 0.05) is 13.2 Å². The van der Waals surface area contributed by atoms with Gasteiger partial charge in [-0.15, -0.1) is 0 Å². The van der Waals surface area contributed by atoms with Crippen LogP contribution in [-0.4, -0.2) is 26.0 Å². The second-order valence-electron chi connectivity index (χ2n) is 3.08. The summed E-state index contributed by atoms with van der Waals surface area (Å²) in [5, 5.41) is 0. The van der Waals surface area contributed by atoms with Crippen LogP contribution in [0.25, 0.3) is 0 Å². The van der Waals surface area contributed by atoms with Gasteiger partial charge in [-0.1, -0.05) is 13.8 Å². The fourth-order valence-electron chi connectivity index (χ4n) is 1.09. The second-order valence-corrected chi connectivity index (χ2v) is 3.08. The highest BCUT2D eigenvalue weighted by Crippen LogP contribution is 2.13. The van der Waals surface area contributed by atoms with E-state index in [0.717, 1.165) is 32.6 Å². The maximum atomic E-state index is 5.41. The molecule has 3 nitrogen and oxygen atoms in total. The molecule has 0 saturated carbocycles. The fourth-order valence-corrected chi connectivity index (χ4v) is 1.09. The van der Waals surface area contributed by atoms with E-state index in [2.05, 4.69) is 6.92 Å². The van der Waals surface area contributed by atoms with Gasteiger partial charge in [0.05, 0.1) is 0 Å². The summed E-state index contributed by atoms with van der Waals surface area (Å²) < 4.78 is 10.8. The Morgan fingerprint density at radius 2 is 2.08 bits per heavy atom. The molecule has 0 aliphatic carbocycles. The van der Waals surface area contributed by atoms with Crippen molar-refractivity contribution in [2.45, 2.75) is 45.8 Å². The lowest BCUT2D eigenvalue weighted by molar-refractivity contribution is -0.162. The van der Waals surface area contributed by atoms with Crippen LogP contribution < -0.4 is 5.73 Å². The van der Waals surface area contributed by atoms with Gasteiger partial charge >= 0.3 is 0 Å². The van der Waals surface area contributed by atoms with Crippen molar-refractivity contribution < 1.29 is 9.47 Å². The monoisotopic (exact) mass is 189 g/mol. The lowest BCUT2D eigenvalue weighted by atomic mass is 10.2. The van der Waals surface area contributed by atoms with E-state index >= 15 is 0 Å². The van der Waals surface area contributed by atoms with E-state index in [4.69, 9.17) is 15.2 Å². The van der Waals surface area contributed by atoms with E-state index < -0.39 is 0 Å². The first-order valence-corrected chi connectivity index (χ1v) is 5.28. The largest absolute Gasteiger partial charge is 0.353 e. The highest BCUT2D eigenvalue weighted by molar-refractivity contribution is 4.53. The van der Waals surface area contributed by atoms with Crippen molar-refractivity contribution in [3.8, 4) is 0 Å². The van der Waals surface area contributed by atoms with Crippen molar-refractivity contribution in [1.29, 1.82) is 0 Å². The SMILES string of the molecule is CCCOC1CCCCO1.CCN. The Morgan fingerprint density at radius 1 is 1.38 bits per heavy atom. The molecule has 0 bridgehead atoms. The van der Waals surface area contributed by atoms with E-state index in [1.807, 2.05) is 6.92 Å². The third-order valence-corrected chi connectivity index (χ3v) is 1.65. The Labute approximate surface area is 81.6 Å². The van der Waals surface area contributed by atoms with Gasteiger partial charge in [0.1, 0.15) is 0 Å². The smallest absolute Gasteiger partial charge is 0.157 e. The molecule has 13 heavy (non-hydrogen) atoms. The minimum Gasteiger partial charge on any atom is -0.353 e. The molecule has 1 rings (SSSR count). The predicted molar refractivity (Wildman–Crippen MR) is 54.6 cm³/mol. The molecule has 80 valence electrons. The summed E-state index contributed by atoms with van der Waals surface area (Å²) in [7, 11) is 0. The average molecular weight is 189 g/mol. The zero-order chi connectivity index (χ0) is 9.94. The van der Waals surface area contributed by atoms with E-state index in [1.54, 1.807) is 0 Å². The Morgan fingerprint density at radius 3 is 2.54 bits per heavy atom.